The molecule has 0 bridgehead atoms. The Morgan fingerprint density at radius 2 is 1.56 bits per heavy atom. The molecule has 0 aliphatic heterocycles. The number of benzene rings is 2. The van der Waals surface area contributed by atoms with E-state index in [1.54, 1.807) is 27.5 Å². The van der Waals surface area contributed by atoms with Gasteiger partial charge in [0.1, 0.15) is 18.2 Å². The molecule has 0 radical (unpaired) electrons. The number of nitrogens with two attached hydrogens (primary N) is 2. The molecule has 0 aliphatic carbocycles. The highest BCUT2D eigenvalue weighted by molar-refractivity contribution is 5.54. The third kappa shape index (κ3) is 5.32. The highest BCUT2D eigenvalue weighted by Crippen LogP contribution is 2.38. The largest absolute Gasteiger partial charge is 0.493 e. The summed E-state index contributed by atoms with van der Waals surface area (Å²) in [6, 6.07) is 9.94. The van der Waals surface area contributed by atoms with Crippen molar-refractivity contribution in [1.29, 1.82) is 0 Å². The van der Waals surface area contributed by atoms with E-state index in [1.165, 1.54) is 0 Å². The number of ether oxygens (including phenoxy) is 4. The molecule has 8 heteroatoms. The molecule has 0 saturated heterocycles. The second kappa shape index (κ2) is 10.6. The van der Waals surface area contributed by atoms with Crippen LogP contribution in [0.25, 0.3) is 0 Å². The zero-order valence-electron chi connectivity index (χ0n) is 19.0. The van der Waals surface area contributed by atoms with Crippen LogP contribution in [0.3, 0.4) is 0 Å². The SMILES string of the molecule is CCCc1cc(Cc2cnc(N)nc2N)ccc1OCc1cc(OC)c(OC)c(OC)c1. The maximum atomic E-state index is 6.18. The lowest BCUT2D eigenvalue weighted by Gasteiger charge is -2.16. The summed E-state index contributed by atoms with van der Waals surface area (Å²) < 4.78 is 22.4. The fourth-order valence-corrected chi connectivity index (χ4v) is 3.52. The van der Waals surface area contributed by atoms with E-state index in [9.17, 15) is 0 Å². The van der Waals surface area contributed by atoms with Gasteiger partial charge in [-0.1, -0.05) is 25.5 Å². The number of rotatable bonds is 10. The van der Waals surface area contributed by atoms with Gasteiger partial charge in [0.25, 0.3) is 0 Å². The van der Waals surface area contributed by atoms with E-state index in [1.807, 2.05) is 24.3 Å². The Bertz CT molecular complexity index is 1050. The van der Waals surface area contributed by atoms with E-state index in [0.29, 0.717) is 36.1 Å². The molecule has 8 nitrogen and oxygen atoms in total. The maximum Gasteiger partial charge on any atom is 0.221 e. The Hall–Kier alpha value is -3.68. The summed E-state index contributed by atoms with van der Waals surface area (Å²) in [6.07, 6.45) is 4.19. The van der Waals surface area contributed by atoms with Gasteiger partial charge in [-0.15, -0.1) is 0 Å². The Morgan fingerprint density at radius 1 is 0.844 bits per heavy atom. The van der Waals surface area contributed by atoms with Crippen LogP contribution in [0, 0.1) is 0 Å². The van der Waals surface area contributed by atoms with Gasteiger partial charge >= 0.3 is 0 Å². The van der Waals surface area contributed by atoms with Crippen LogP contribution in [0.4, 0.5) is 11.8 Å². The quantitative estimate of drug-likeness (QED) is 0.491. The van der Waals surface area contributed by atoms with Crippen LogP contribution in [0.2, 0.25) is 0 Å². The number of aromatic nitrogens is 2. The van der Waals surface area contributed by atoms with E-state index >= 15 is 0 Å². The molecular formula is C24H30N4O4. The molecule has 2 aromatic carbocycles. The molecule has 0 aliphatic rings. The first-order valence-electron chi connectivity index (χ1n) is 10.4. The van der Waals surface area contributed by atoms with Gasteiger partial charge < -0.3 is 30.4 Å². The minimum atomic E-state index is 0.175. The summed E-state index contributed by atoms with van der Waals surface area (Å²) in [7, 11) is 4.77. The molecule has 4 N–H and O–H groups in total. The average molecular weight is 439 g/mol. The van der Waals surface area contributed by atoms with E-state index in [2.05, 4.69) is 23.0 Å². The van der Waals surface area contributed by atoms with Gasteiger partial charge in [-0.2, -0.15) is 4.98 Å². The van der Waals surface area contributed by atoms with Crippen LogP contribution < -0.4 is 30.4 Å². The van der Waals surface area contributed by atoms with Crippen molar-refractivity contribution < 1.29 is 18.9 Å². The van der Waals surface area contributed by atoms with E-state index < -0.39 is 0 Å². The van der Waals surface area contributed by atoms with Gasteiger partial charge in [0.15, 0.2) is 11.5 Å². The van der Waals surface area contributed by atoms with Gasteiger partial charge in [0.05, 0.1) is 21.3 Å². The second-order valence-electron chi connectivity index (χ2n) is 7.33. The van der Waals surface area contributed by atoms with Gasteiger partial charge in [0.2, 0.25) is 11.7 Å². The van der Waals surface area contributed by atoms with E-state index in [4.69, 9.17) is 30.4 Å². The van der Waals surface area contributed by atoms with E-state index in [0.717, 1.165) is 40.8 Å². The van der Waals surface area contributed by atoms with Crippen molar-refractivity contribution in [2.45, 2.75) is 32.8 Å². The number of nitrogen functional groups attached to an aromatic ring is 2. The second-order valence-corrected chi connectivity index (χ2v) is 7.33. The minimum Gasteiger partial charge on any atom is -0.493 e. The molecule has 0 spiro atoms. The number of nitrogens with zero attached hydrogens (tertiary/aromatic N) is 2. The lowest BCUT2D eigenvalue weighted by molar-refractivity contribution is 0.296. The van der Waals surface area contributed by atoms with Crippen molar-refractivity contribution >= 4 is 11.8 Å². The molecule has 0 atom stereocenters. The third-order valence-corrected chi connectivity index (χ3v) is 5.07. The standard InChI is InChI=1S/C24H30N4O4/c1-5-6-17-9-15(10-18-13-27-24(26)28-23(18)25)7-8-19(17)32-14-16-11-20(29-2)22(31-4)21(12-16)30-3/h7-9,11-13H,5-6,10,14H2,1-4H3,(H4,25,26,27,28). The first-order valence-corrected chi connectivity index (χ1v) is 10.4. The van der Waals surface area contributed by atoms with Crippen LogP contribution in [0.1, 0.15) is 35.6 Å². The highest BCUT2D eigenvalue weighted by Gasteiger charge is 2.14. The topological polar surface area (TPSA) is 115 Å². The predicted octanol–water partition coefficient (Wildman–Crippen LogP) is 3.79. The average Bonchev–Trinajstić information content (AvgIpc) is 2.79. The van der Waals surface area contributed by atoms with Crippen molar-refractivity contribution in [3.8, 4) is 23.0 Å². The first kappa shape index (κ1) is 23.0. The molecule has 1 aromatic heterocycles. The lowest BCUT2D eigenvalue weighted by atomic mass is 10.0. The number of aryl methyl sites for hydroxylation is 1. The minimum absolute atomic E-state index is 0.175. The van der Waals surface area contributed by atoms with Crippen LogP contribution in [-0.4, -0.2) is 31.3 Å². The third-order valence-electron chi connectivity index (χ3n) is 5.07. The summed E-state index contributed by atoms with van der Waals surface area (Å²) in [5.41, 5.74) is 15.6. The molecule has 170 valence electrons. The molecule has 0 fully saturated rings. The first-order chi connectivity index (χ1) is 15.5. The van der Waals surface area contributed by atoms with Crippen LogP contribution in [-0.2, 0) is 19.4 Å². The molecule has 32 heavy (non-hydrogen) atoms. The normalized spacial score (nSPS) is 10.6. The van der Waals surface area contributed by atoms with Crippen LogP contribution >= 0.6 is 0 Å². The van der Waals surface area contributed by atoms with Crippen molar-refractivity contribution in [1.82, 2.24) is 9.97 Å². The fraction of sp³-hybridized carbons (Fsp3) is 0.333. The Kier molecular flexibility index (Phi) is 7.59. The van der Waals surface area contributed by atoms with Crippen LogP contribution in [0.15, 0.2) is 36.5 Å². The molecular weight excluding hydrogens is 408 g/mol. The van der Waals surface area contributed by atoms with Crippen molar-refractivity contribution in [3.63, 3.8) is 0 Å². The zero-order chi connectivity index (χ0) is 23.1. The molecule has 3 aromatic rings. The summed E-state index contributed by atoms with van der Waals surface area (Å²) in [5.74, 6) is 3.16. The summed E-state index contributed by atoms with van der Waals surface area (Å²) in [5, 5.41) is 0. The summed E-state index contributed by atoms with van der Waals surface area (Å²) >= 11 is 0. The Balaban J connectivity index is 1.81. The molecule has 0 amide bonds. The van der Waals surface area contributed by atoms with Gasteiger partial charge in [-0.05, 0) is 41.3 Å². The van der Waals surface area contributed by atoms with Gasteiger partial charge in [0, 0.05) is 18.2 Å². The Morgan fingerprint density at radius 3 is 2.16 bits per heavy atom. The molecule has 0 saturated carbocycles. The van der Waals surface area contributed by atoms with Crippen molar-refractivity contribution in [3.05, 3.63) is 58.8 Å². The summed E-state index contributed by atoms with van der Waals surface area (Å²) in [6.45, 7) is 2.51. The molecule has 0 unspecified atom stereocenters. The summed E-state index contributed by atoms with van der Waals surface area (Å²) in [4.78, 5) is 8.09. The van der Waals surface area contributed by atoms with Crippen LogP contribution in [0.5, 0.6) is 23.0 Å². The van der Waals surface area contributed by atoms with Gasteiger partial charge in [-0.25, -0.2) is 4.98 Å². The predicted molar refractivity (Wildman–Crippen MR) is 125 cm³/mol. The van der Waals surface area contributed by atoms with Crippen molar-refractivity contribution in [2.24, 2.45) is 0 Å². The monoisotopic (exact) mass is 438 g/mol. The highest BCUT2D eigenvalue weighted by atomic mass is 16.5. The smallest absolute Gasteiger partial charge is 0.221 e. The van der Waals surface area contributed by atoms with Gasteiger partial charge in [-0.3, -0.25) is 0 Å². The fourth-order valence-electron chi connectivity index (χ4n) is 3.52. The number of anilines is 2. The number of hydrogen-bond donors (Lipinski definition) is 2. The zero-order valence-corrected chi connectivity index (χ0v) is 19.0. The Labute approximate surface area is 188 Å². The lowest BCUT2D eigenvalue weighted by Crippen LogP contribution is -2.05. The number of methoxy groups -OCH3 is 3. The van der Waals surface area contributed by atoms with E-state index in [-0.39, 0.29) is 5.95 Å². The molecule has 1 heterocycles. The maximum absolute atomic E-state index is 6.18. The van der Waals surface area contributed by atoms with Crippen molar-refractivity contribution in [2.75, 3.05) is 32.8 Å². The number of hydrogen-bond acceptors (Lipinski definition) is 8. The molecule has 3 rings (SSSR count).